The fourth-order valence-corrected chi connectivity index (χ4v) is 5.40. The number of aromatic nitrogens is 4. The van der Waals surface area contributed by atoms with Crippen molar-refractivity contribution in [1.29, 1.82) is 0 Å². The molecule has 0 unspecified atom stereocenters. The number of rotatable bonds is 8. The lowest BCUT2D eigenvalue weighted by Crippen LogP contribution is -2.38. The van der Waals surface area contributed by atoms with E-state index in [2.05, 4.69) is 19.8 Å². The Kier molecular flexibility index (Phi) is 8.78. The Bertz CT molecular complexity index is 1530. The number of pyridine rings is 1. The van der Waals surface area contributed by atoms with E-state index in [1.165, 1.54) is 40.1 Å². The highest BCUT2D eigenvalue weighted by Crippen LogP contribution is 2.47. The van der Waals surface area contributed by atoms with Gasteiger partial charge in [-0.2, -0.15) is 27.1 Å². The highest BCUT2D eigenvalue weighted by atomic mass is 32.2. The molecule has 3 aromatic rings. The molecule has 3 rings (SSSR count). The molecule has 0 saturated heterocycles. The first-order valence-corrected chi connectivity index (χ1v) is 14.0. The summed E-state index contributed by atoms with van der Waals surface area (Å²) in [6, 6.07) is 2.78. The fourth-order valence-electron chi connectivity index (χ4n) is 3.29. The molecule has 0 aliphatic heterocycles. The van der Waals surface area contributed by atoms with E-state index in [0.29, 0.717) is 11.0 Å². The second-order valence-corrected chi connectivity index (χ2v) is 12.6. The van der Waals surface area contributed by atoms with E-state index in [1.807, 2.05) is 0 Å². The van der Waals surface area contributed by atoms with Crippen LogP contribution < -0.4 is 4.90 Å². The van der Waals surface area contributed by atoms with Gasteiger partial charge in [0.2, 0.25) is 0 Å². The summed E-state index contributed by atoms with van der Waals surface area (Å²) in [7, 11) is -3.23. The fraction of sp³-hybridized carbons (Fsp3) is 0.435. The van der Waals surface area contributed by atoms with Crippen molar-refractivity contribution in [3.8, 4) is 5.82 Å². The number of nitrogens with zero attached hydrogens (tertiary/aromatic N) is 5. The van der Waals surface area contributed by atoms with Crippen molar-refractivity contribution in [3.05, 3.63) is 46.2 Å². The Labute approximate surface area is 234 Å². The molecule has 3 aromatic heterocycles. The van der Waals surface area contributed by atoms with E-state index in [1.54, 1.807) is 0 Å². The summed E-state index contributed by atoms with van der Waals surface area (Å²) in [5, 5.41) is 3.90. The van der Waals surface area contributed by atoms with Gasteiger partial charge in [0, 0.05) is 0 Å². The number of hydrogen-bond donors (Lipinski definition) is 0. The van der Waals surface area contributed by atoms with Crippen molar-refractivity contribution in [2.45, 2.75) is 56.8 Å². The van der Waals surface area contributed by atoms with Gasteiger partial charge in [-0.25, -0.2) is 32.7 Å². The van der Waals surface area contributed by atoms with Crippen LogP contribution in [-0.4, -0.2) is 64.9 Å². The molecule has 3 heterocycles. The molecule has 18 heteroatoms. The highest BCUT2D eigenvalue weighted by Gasteiger charge is 2.60. The van der Waals surface area contributed by atoms with Crippen molar-refractivity contribution < 1.29 is 49.4 Å². The summed E-state index contributed by atoms with van der Waals surface area (Å²) in [6.07, 6.45) is -4.86. The standard InChI is InChI=1S/C23H24F5N5O6S2/c1-6-41(36,37)14-7-8-16(33-12-29-11-30-33)31-18(14)32(20(35)39-21(2,3)4)10-13-9-15(22(24,25)23(26,27)28)40-17(13)19(34)38-5/h7-9,11-12H,6,10H2,1-5H3. The molecule has 11 nitrogen and oxygen atoms in total. The van der Waals surface area contributed by atoms with Gasteiger partial charge in [0.1, 0.15) is 28.0 Å². The predicted molar refractivity (Wildman–Crippen MR) is 135 cm³/mol. The number of amides is 1. The number of halogens is 5. The predicted octanol–water partition coefficient (Wildman–Crippen LogP) is 4.90. The van der Waals surface area contributed by atoms with E-state index in [9.17, 15) is 40.0 Å². The zero-order chi connectivity index (χ0) is 31.0. The van der Waals surface area contributed by atoms with Crippen molar-refractivity contribution >= 4 is 39.1 Å². The van der Waals surface area contributed by atoms with Crippen molar-refractivity contribution in [1.82, 2.24) is 19.7 Å². The third-order valence-corrected chi connectivity index (χ3v) is 8.21. The highest BCUT2D eigenvalue weighted by molar-refractivity contribution is 7.91. The van der Waals surface area contributed by atoms with Gasteiger partial charge < -0.3 is 9.47 Å². The van der Waals surface area contributed by atoms with Crippen LogP contribution in [0.15, 0.2) is 35.7 Å². The van der Waals surface area contributed by atoms with Gasteiger partial charge >= 0.3 is 24.2 Å². The lowest BCUT2D eigenvalue weighted by Gasteiger charge is -2.28. The zero-order valence-corrected chi connectivity index (χ0v) is 23.8. The number of carbonyl (C=O) groups is 2. The largest absolute Gasteiger partial charge is 0.465 e. The number of sulfone groups is 1. The van der Waals surface area contributed by atoms with Crippen LogP contribution in [-0.2, 0) is 31.8 Å². The van der Waals surface area contributed by atoms with Gasteiger partial charge in [-0.15, -0.1) is 11.3 Å². The Balaban J connectivity index is 2.30. The van der Waals surface area contributed by atoms with Crippen LogP contribution in [0.3, 0.4) is 0 Å². The van der Waals surface area contributed by atoms with Crippen molar-refractivity contribution in [2.75, 3.05) is 17.8 Å². The molecule has 0 spiro atoms. The van der Waals surface area contributed by atoms with Crippen LogP contribution in [0.5, 0.6) is 0 Å². The molecule has 41 heavy (non-hydrogen) atoms. The number of alkyl halides is 5. The number of ether oxygens (including phenoxy) is 2. The normalized spacial score (nSPS) is 12.7. The average molecular weight is 626 g/mol. The third kappa shape index (κ3) is 6.80. The number of thiophene rings is 1. The van der Waals surface area contributed by atoms with Crippen molar-refractivity contribution in [3.63, 3.8) is 0 Å². The average Bonchev–Trinajstić information content (AvgIpc) is 3.55. The molecule has 0 fully saturated rings. The number of esters is 1. The molecular formula is C23H24F5N5O6S2. The first-order chi connectivity index (χ1) is 18.8. The van der Waals surface area contributed by atoms with Gasteiger partial charge in [-0.1, -0.05) is 6.92 Å². The van der Waals surface area contributed by atoms with Crippen LogP contribution in [0.2, 0.25) is 0 Å². The van der Waals surface area contributed by atoms with Crippen molar-refractivity contribution in [2.24, 2.45) is 0 Å². The number of hydrogen-bond acceptors (Lipinski definition) is 10. The van der Waals surface area contributed by atoms with Gasteiger partial charge in [-0.05, 0) is 44.5 Å². The number of carbonyl (C=O) groups excluding carboxylic acids is 2. The van der Waals surface area contributed by atoms with E-state index in [4.69, 9.17) is 4.74 Å². The van der Waals surface area contributed by atoms with Gasteiger partial charge in [0.25, 0.3) is 0 Å². The maximum atomic E-state index is 14.3. The minimum absolute atomic E-state index is 0.0242. The smallest absolute Gasteiger partial charge is 0.458 e. The van der Waals surface area contributed by atoms with Crippen LogP contribution in [0, 0.1) is 0 Å². The maximum Gasteiger partial charge on any atom is 0.458 e. The van der Waals surface area contributed by atoms with Crippen LogP contribution in [0.1, 0.15) is 47.8 Å². The summed E-state index contributed by atoms with van der Waals surface area (Å²) in [4.78, 5) is 31.8. The molecule has 0 bridgehead atoms. The Morgan fingerprint density at radius 2 is 1.78 bits per heavy atom. The Morgan fingerprint density at radius 1 is 1.12 bits per heavy atom. The maximum absolute atomic E-state index is 14.3. The molecule has 0 aliphatic rings. The third-order valence-electron chi connectivity index (χ3n) is 5.24. The molecule has 0 radical (unpaired) electrons. The first-order valence-electron chi connectivity index (χ1n) is 11.6. The van der Waals surface area contributed by atoms with Gasteiger partial charge in [0.15, 0.2) is 21.5 Å². The number of anilines is 1. The molecule has 1 amide bonds. The summed E-state index contributed by atoms with van der Waals surface area (Å²) in [6.45, 7) is 4.88. The van der Waals surface area contributed by atoms with Gasteiger partial charge in [0.05, 0.1) is 24.3 Å². The molecule has 0 atom stereocenters. The minimum atomic E-state index is -6.00. The molecule has 224 valence electrons. The molecule has 0 aromatic carbocycles. The minimum Gasteiger partial charge on any atom is -0.465 e. The molecular weight excluding hydrogens is 601 g/mol. The summed E-state index contributed by atoms with van der Waals surface area (Å²) < 4.78 is 105. The SMILES string of the molecule is CCS(=O)(=O)c1ccc(-n2cncn2)nc1N(Cc1cc(C(F)(F)C(F)(F)F)sc1C(=O)OC)C(=O)OC(C)(C)C. The molecule has 0 saturated carbocycles. The van der Waals surface area contributed by atoms with E-state index in [0.717, 1.165) is 24.2 Å². The summed E-state index contributed by atoms with van der Waals surface area (Å²) in [5.41, 5.74) is -1.67. The Morgan fingerprint density at radius 3 is 2.29 bits per heavy atom. The van der Waals surface area contributed by atoms with Crippen LogP contribution in [0.4, 0.5) is 32.6 Å². The second kappa shape index (κ2) is 11.3. The summed E-state index contributed by atoms with van der Waals surface area (Å²) >= 11 is -0.181. The second-order valence-electron chi connectivity index (χ2n) is 9.33. The zero-order valence-electron chi connectivity index (χ0n) is 22.2. The number of methoxy groups -OCH3 is 1. The van der Waals surface area contributed by atoms with Gasteiger partial charge in [-0.3, -0.25) is 4.90 Å². The Hall–Kier alpha value is -3.67. The lowest BCUT2D eigenvalue weighted by molar-refractivity contribution is -0.287. The van der Waals surface area contributed by atoms with E-state index < -0.39 is 77.9 Å². The van der Waals surface area contributed by atoms with E-state index in [-0.39, 0.29) is 17.2 Å². The van der Waals surface area contributed by atoms with E-state index >= 15 is 0 Å². The van der Waals surface area contributed by atoms with Crippen LogP contribution in [0.25, 0.3) is 5.82 Å². The monoisotopic (exact) mass is 625 g/mol. The summed E-state index contributed by atoms with van der Waals surface area (Å²) in [5.74, 6) is -7.63. The first kappa shape index (κ1) is 31.9. The molecule has 0 N–H and O–H groups in total. The quantitative estimate of drug-likeness (QED) is 0.253. The lowest BCUT2D eigenvalue weighted by atomic mass is 10.1. The topological polar surface area (TPSA) is 134 Å². The molecule has 0 aliphatic carbocycles. The van der Waals surface area contributed by atoms with Crippen LogP contribution >= 0.6 is 11.3 Å².